The third kappa shape index (κ3) is 9.05. The fourth-order valence-corrected chi connectivity index (χ4v) is 2.45. The molecule has 2 aromatic rings. The Kier molecular flexibility index (Phi) is 12.2. The minimum Gasteiger partial charge on any atom is -0.475 e. The number of aliphatic imine (C=N–C) groups is 1. The van der Waals surface area contributed by atoms with Gasteiger partial charge in [-0.05, 0) is 24.5 Å². The van der Waals surface area contributed by atoms with E-state index in [1.54, 1.807) is 20.4 Å². The SMILES string of the molecule is CN=C(NCCCc1ccccc1)NCc1cccnc1OCCOC.I. The van der Waals surface area contributed by atoms with Crippen molar-refractivity contribution in [3.63, 3.8) is 0 Å². The van der Waals surface area contributed by atoms with Crippen LogP contribution in [0.3, 0.4) is 0 Å². The van der Waals surface area contributed by atoms with Crippen LogP contribution in [-0.4, -0.2) is 44.9 Å². The molecule has 0 atom stereocenters. The van der Waals surface area contributed by atoms with Gasteiger partial charge in [-0.25, -0.2) is 4.98 Å². The Hall–Kier alpha value is -1.87. The molecule has 0 spiro atoms. The number of halogens is 1. The van der Waals surface area contributed by atoms with Crippen molar-refractivity contribution in [2.24, 2.45) is 4.99 Å². The van der Waals surface area contributed by atoms with Gasteiger partial charge in [0.25, 0.3) is 0 Å². The minimum absolute atomic E-state index is 0. The van der Waals surface area contributed by atoms with E-state index in [1.807, 2.05) is 18.2 Å². The van der Waals surface area contributed by atoms with Crippen molar-refractivity contribution in [3.8, 4) is 5.88 Å². The number of methoxy groups -OCH3 is 1. The summed E-state index contributed by atoms with van der Waals surface area (Å²) in [5, 5.41) is 6.64. The van der Waals surface area contributed by atoms with Crippen LogP contribution in [-0.2, 0) is 17.7 Å². The first-order chi connectivity index (χ1) is 12.8. The molecule has 2 rings (SSSR count). The van der Waals surface area contributed by atoms with E-state index >= 15 is 0 Å². The number of rotatable bonds is 10. The van der Waals surface area contributed by atoms with Crippen molar-refractivity contribution in [1.29, 1.82) is 0 Å². The molecule has 148 valence electrons. The number of guanidine groups is 1. The van der Waals surface area contributed by atoms with Gasteiger partial charge in [0.05, 0.1) is 6.61 Å². The van der Waals surface area contributed by atoms with Gasteiger partial charge in [0.15, 0.2) is 5.96 Å². The van der Waals surface area contributed by atoms with Crippen molar-refractivity contribution < 1.29 is 9.47 Å². The maximum Gasteiger partial charge on any atom is 0.218 e. The maximum atomic E-state index is 5.65. The predicted molar refractivity (Wildman–Crippen MR) is 120 cm³/mol. The molecule has 27 heavy (non-hydrogen) atoms. The van der Waals surface area contributed by atoms with Crippen LogP contribution in [0.1, 0.15) is 17.5 Å². The maximum absolute atomic E-state index is 5.65. The monoisotopic (exact) mass is 484 g/mol. The van der Waals surface area contributed by atoms with Crippen LogP contribution >= 0.6 is 24.0 Å². The van der Waals surface area contributed by atoms with Crippen LogP contribution in [0.25, 0.3) is 0 Å². The molecule has 0 aliphatic carbocycles. The summed E-state index contributed by atoms with van der Waals surface area (Å²) < 4.78 is 10.7. The summed E-state index contributed by atoms with van der Waals surface area (Å²) in [6.07, 6.45) is 3.82. The standard InChI is InChI=1S/C20H28N4O2.HI/c1-21-20(23-13-6-10-17-8-4-3-5-9-17)24-16-18-11-7-12-22-19(18)26-15-14-25-2;/h3-5,7-9,11-12H,6,10,13-16H2,1-2H3,(H2,21,23,24);1H. The van der Waals surface area contributed by atoms with E-state index < -0.39 is 0 Å². The van der Waals surface area contributed by atoms with E-state index in [0.29, 0.717) is 25.6 Å². The molecule has 0 bridgehead atoms. The molecule has 7 heteroatoms. The van der Waals surface area contributed by atoms with Gasteiger partial charge in [-0.3, -0.25) is 4.99 Å². The highest BCUT2D eigenvalue weighted by atomic mass is 127. The fourth-order valence-electron chi connectivity index (χ4n) is 2.45. The van der Waals surface area contributed by atoms with Gasteiger partial charge in [-0.15, -0.1) is 24.0 Å². The minimum atomic E-state index is 0. The second kappa shape index (κ2) is 14.2. The summed E-state index contributed by atoms with van der Waals surface area (Å²) in [7, 11) is 3.42. The molecular formula is C20H29IN4O2. The van der Waals surface area contributed by atoms with Gasteiger partial charge in [0, 0.05) is 39.0 Å². The molecule has 0 fully saturated rings. The fraction of sp³-hybridized carbons (Fsp3) is 0.400. The molecule has 0 saturated carbocycles. The first kappa shape index (κ1) is 23.2. The number of benzene rings is 1. The Morgan fingerprint density at radius 1 is 1.07 bits per heavy atom. The zero-order valence-corrected chi connectivity index (χ0v) is 18.3. The molecule has 0 unspecified atom stereocenters. The van der Waals surface area contributed by atoms with Gasteiger partial charge in [0.2, 0.25) is 5.88 Å². The van der Waals surface area contributed by atoms with Crippen LogP contribution in [0.5, 0.6) is 5.88 Å². The summed E-state index contributed by atoms with van der Waals surface area (Å²) in [4.78, 5) is 8.55. The number of ether oxygens (including phenoxy) is 2. The number of aromatic nitrogens is 1. The van der Waals surface area contributed by atoms with Crippen molar-refractivity contribution >= 4 is 29.9 Å². The molecule has 6 nitrogen and oxygen atoms in total. The Balaban J connectivity index is 0.00000364. The van der Waals surface area contributed by atoms with Crippen LogP contribution < -0.4 is 15.4 Å². The van der Waals surface area contributed by atoms with Crippen LogP contribution in [0.4, 0.5) is 0 Å². The second-order valence-electron chi connectivity index (χ2n) is 5.75. The van der Waals surface area contributed by atoms with E-state index in [0.717, 1.165) is 30.9 Å². The first-order valence-electron chi connectivity index (χ1n) is 8.87. The van der Waals surface area contributed by atoms with E-state index in [4.69, 9.17) is 9.47 Å². The molecule has 0 amide bonds. The van der Waals surface area contributed by atoms with Gasteiger partial charge >= 0.3 is 0 Å². The average molecular weight is 484 g/mol. The number of hydrogen-bond acceptors (Lipinski definition) is 4. The third-order valence-electron chi connectivity index (χ3n) is 3.82. The Morgan fingerprint density at radius 3 is 2.63 bits per heavy atom. The average Bonchev–Trinajstić information content (AvgIpc) is 2.69. The lowest BCUT2D eigenvalue weighted by Crippen LogP contribution is -2.37. The molecular weight excluding hydrogens is 455 g/mol. The normalized spacial score (nSPS) is 10.8. The van der Waals surface area contributed by atoms with Gasteiger partial charge in [0.1, 0.15) is 6.61 Å². The smallest absolute Gasteiger partial charge is 0.218 e. The highest BCUT2D eigenvalue weighted by Crippen LogP contribution is 2.13. The van der Waals surface area contributed by atoms with E-state index in [-0.39, 0.29) is 24.0 Å². The largest absolute Gasteiger partial charge is 0.475 e. The molecule has 0 saturated heterocycles. The lowest BCUT2D eigenvalue weighted by Gasteiger charge is -2.14. The van der Waals surface area contributed by atoms with Crippen LogP contribution in [0.2, 0.25) is 0 Å². The van der Waals surface area contributed by atoms with Crippen molar-refractivity contribution in [2.45, 2.75) is 19.4 Å². The third-order valence-corrected chi connectivity index (χ3v) is 3.82. The molecule has 1 aromatic carbocycles. The Labute approximate surface area is 178 Å². The quantitative estimate of drug-likeness (QED) is 0.235. The zero-order chi connectivity index (χ0) is 18.5. The van der Waals surface area contributed by atoms with Crippen molar-refractivity contribution in [1.82, 2.24) is 15.6 Å². The van der Waals surface area contributed by atoms with E-state index in [1.165, 1.54) is 5.56 Å². The molecule has 1 heterocycles. The second-order valence-corrected chi connectivity index (χ2v) is 5.75. The summed E-state index contributed by atoms with van der Waals surface area (Å²) in [6.45, 7) is 2.47. The predicted octanol–water partition coefficient (Wildman–Crippen LogP) is 3.02. The van der Waals surface area contributed by atoms with Crippen molar-refractivity contribution in [3.05, 3.63) is 59.8 Å². The molecule has 2 N–H and O–H groups in total. The Morgan fingerprint density at radius 2 is 1.89 bits per heavy atom. The van der Waals surface area contributed by atoms with Crippen LogP contribution in [0, 0.1) is 0 Å². The summed E-state index contributed by atoms with van der Waals surface area (Å²) in [5.74, 6) is 1.39. The number of nitrogens with one attached hydrogen (secondary N) is 2. The highest BCUT2D eigenvalue weighted by molar-refractivity contribution is 14.0. The van der Waals surface area contributed by atoms with Crippen molar-refractivity contribution in [2.75, 3.05) is 33.9 Å². The van der Waals surface area contributed by atoms with Gasteiger partial charge < -0.3 is 20.1 Å². The number of nitrogens with zero attached hydrogens (tertiary/aromatic N) is 2. The molecule has 0 aliphatic heterocycles. The summed E-state index contributed by atoms with van der Waals surface area (Å²) in [6, 6.07) is 14.4. The van der Waals surface area contributed by atoms with Gasteiger partial charge in [-0.1, -0.05) is 36.4 Å². The lowest BCUT2D eigenvalue weighted by molar-refractivity contribution is 0.143. The topological polar surface area (TPSA) is 67.8 Å². The Bertz CT molecular complexity index is 668. The number of aryl methyl sites for hydroxylation is 1. The lowest BCUT2D eigenvalue weighted by atomic mass is 10.1. The summed E-state index contributed by atoms with van der Waals surface area (Å²) >= 11 is 0. The van der Waals surface area contributed by atoms with E-state index in [9.17, 15) is 0 Å². The summed E-state index contributed by atoms with van der Waals surface area (Å²) in [5.41, 5.74) is 2.33. The molecule has 0 aliphatic rings. The highest BCUT2D eigenvalue weighted by Gasteiger charge is 2.06. The van der Waals surface area contributed by atoms with Crippen LogP contribution in [0.15, 0.2) is 53.7 Å². The molecule has 1 aromatic heterocycles. The number of hydrogen-bond donors (Lipinski definition) is 2. The van der Waals surface area contributed by atoms with Gasteiger partial charge in [-0.2, -0.15) is 0 Å². The number of pyridine rings is 1. The van der Waals surface area contributed by atoms with E-state index in [2.05, 4.69) is 44.9 Å². The zero-order valence-electron chi connectivity index (χ0n) is 16.0. The first-order valence-corrected chi connectivity index (χ1v) is 8.87. The molecule has 0 radical (unpaired) electrons.